The van der Waals surface area contributed by atoms with Crippen LogP contribution in [0.15, 0.2) is 48.8 Å². The summed E-state index contributed by atoms with van der Waals surface area (Å²) in [7, 11) is 0. The molecule has 0 spiro atoms. The predicted octanol–water partition coefficient (Wildman–Crippen LogP) is 3.07. The van der Waals surface area contributed by atoms with E-state index >= 15 is 0 Å². The number of carbonyl (C=O) groups excluding carboxylic acids is 3. The number of aliphatic hydroxyl groups excluding tert-OH is 1. The van der Waals surface area contributed by atoms with Gasteiger partial charge in [-0.25, -0.2) is 9.37 Å². The molecule has 11 heteroatoms. The molecule has 2 heterocycles. The van der Waals surface area contributed by atoms with E-state index in [-0.39, 0.29) is 40.3 Å². The van der Waals surface area contributed by atoms with Crippen molar-refractivity contribution in [1.82, 2.24) is 20.2 Å². The highest BCUT2D eigenvalue weighted by atomic mass is 35.5. The van der Waals surface area contributed by atoms with Crippen molar-refractivity contribution in [1.29, 1.82) is 0 Å². The van der Waals surface area contributed by atoms with Crippen molar-refractivity contribution in [3.8, 4) is 0 Å². The van der Waals surface area contributed by atoms with Crippen molar-refractivity contribution in [2.45, 2.75) is 25.4 Å². The molecule has 1 aliphatic rings. The Balaban J connectivity index is 1.31. The molecular formula is C26H27ClFN5O4. The lowest BCUT2D eigenvalue weighted by atomic mass is 10.0. The molecule has 37 heavy (non-hydrogen) atoms. The molecular weight excluding hydrogens is 501 g/mol. The second kappa shape index (κ2) is 12.1. The third-order valence-corrected chi connectivity index (χ3v) is 6.40. The highest BCUT2D eigenvalue weighted by Gasteiger charge is 2.22. The van der Waals surface area contributed by atoms with Crippen LogP contribution in [0.2, 0.25) is 5.02 Å². The average molecular weight is 528 g/mol. The number of aromatic amines is 1. The number of carbonyl (C=O) groups is 3. The van der Waals surface area contributed by atoms with Crippen LogP contribution in [-0.2, 0) is 6.42 Å². The molecule has 0 saturated carbocycles. The number of anilines is 1. The molecule has 4 rings (SSSR count). The van der Waals surface area contributed by atoms with Gasteiger partial charge in [0.05, 0.1) is 17.5 Å². The molecule has 1 aliphatic heterocycles. The number of piperidine rings is 1. The topological polar surface area (TPSA) is 127 Å². The summed E-state index contributed by atoms with van der Waals surface area (Å²) >= 11 is 5.97. The summed E-state index contributed by atoms with van der Waals surface area (Å²) in [4.78, 5) is 46.7. The van der Waals surface area contributed by atoms with Crippen LogP contribution >= 0.6 is 11.6 Å². The van der Waals surface area contributed by atoms with Gasteiger partial charge in [0.2, 0.25) is 0 Å². The SMILES string of the molecule is O=C(Cc1ccc(NC(=O)c2nc[nH]c2C(=O)NCCN2CCC[C@H](O)C2)cc1)c1ccc(F)cc1Cl. The van der Waals surface area contributed by atoms with Crippen molar-refractivity contribution in [2.75, 3.05) is 31.5 Å². The van der Waals surface area contributed by atoms with Gasteiger partial charge in [-0.2, -0.15) is 0 Å². The first-order valence-corrected chi connectivity index (χ1v) is 12.3. The molecule has 0 aliphatic carbocycles. The standard InChI is InChI=1S/C26H27ClFN5O4/c27-21-13-17(28)5-8-20(21)22(35)12-16-3-6-18(7-4-16)32-26(37)24-23(30-15-31-24)25(36)29-9-11-33-10-1-2-19(34)14-33/h3-8,13,15,19,34H,1-2,9-12,14H2,(H,29,36)(H,30,31)(H,32,37)/t19-/m0/s1. The Morgan fingerprint density at radius 1 is 1.16 bits per heavy atom. The van der Waals surface area contributed by atoms with Crippen molar-refractivity contribution in [2.24, 2.45) is 0 Å². The number of nitrogens with zero attached hydrogens (tertiary/aromatic N) is 2. The van der Waals surface area contributed by atoms with E-state index in [2.05, 4.69) is 25.5 Å². The number of hydrogen-bond donors (Lipinski definition) is 4. The molecule has 2 amide bonds. The van der Waals surface area contributed by atoms with Crippen LogP contribution in [0.4, 0.5) is 10.1 Å². The summed E-state index contributed by atoms with van der Waals surface area (Å²) in [5, 5.41) is 15.3. The number of imidazole rings is 1. The molecule has 3 aromatic rings. The quantitative estimate of drug-likeness (QED) is 0.317. The van der Waals surface area contributed by atoms with Gasteiger partial charge >= 0.3 is 0 Å². The molecule has 0 bridgehead atoms. The summed E-state index contributed by atoms with van der Waals surface area (Å²) in [6.07, 6.45) is 2.70. The normalized spacial score (nSPS) is 15.8. The minimum Gasteiger partial charge on any atom is -0.392 e. The monoisotopic (exact) mass is 527 g/mol. The van der Waals surface area contributed by atoms with Crippen LogP contribution in [0.25, 0.3) is 0 Å². The molecule has 1 saturated heterocycles. The van der Waals surface area contributed by atoms with E-state index in [0.717, 1.165) is 25.5 Å². The minimum atomic E-state index is -0.563. The van der Waals surface area contributed by atoms with Crippen LogP contribution in [0.3, 0.4) is 0 Å². The second-order valence-electron chi connectivity index (χ2n) is 8.85. The Hall–Kier alpha value is -3.60. The van der Waals surface area contributed by atoms with E-state index in [1.807, 2.05) is 0 Å². The van der Waals surface area contributed by atoms with Gasteiger partial charge in [-0.1, -0.05) is 23.7 Å². The van der Waals surface area contributed by atoms with E-state index in [4.69, 9.17) is 11.6 Å². The lowest BCUT2D eigenvalue weighted by Crippen LogP contribution is -2.42. The van der Waals surface area contributed by atoms with E-state index in [1.54, 1.807) is 24.3 Å². The molecule has 2 aromatic carbocycles. The summed E-state index contributed by atoms with van der Waals surface area (Å²) in [5.41, 5.74) is 1.38. The molecule has 4 N–H and O–H groups in total. The Morgan fingerprint density at radius 3 is 2.68 bits per heavy atom. The number of hydrogen-bond acceptors (Lipinski definition) is 6. The first-order chi connectivity index (χ1) is 17.8. The van der Waals surface area contributed by atoms with Crippen molar-refractivity contribution in [3.63, 3.8) is 0 Å². The van der Waals surface area contributed by atoms with Crippen molar-refractivity contribution < 1.29 is 23.9 Å². The fraction of sp³-hybridized carbons (Fsp3) is 0.308. The van der Waals surface area contributed by atoms with Crippen LogP contribution in [-0.4, -0.2) is 69.9 Å². The lowest BCUT2D eigenvalue weighted by molar-refractivity contribution is 0.0702. The zero-order valence-corrected chi connectivity index (χ0v) is 20.7. The Morgan fingerprint density at radius 2 is 1.95 bits per heavy atom. The number of benzene rings is 2. The number of β-amino-alcohol motifs (C(OH)–C–C–N with tert-alkyl or cyclic N) is 1. The largest absolute Gasteiger partial charge is 0.392 e. The molecule has 9 nitrogen and oxygen atoms in total. The van der Waals surface area contributed by atoms with Gasteiger partial charge in [0.15, 0.2) is 11.5 Å². The first-order valence-electron chi connectivity index (χ1n) is 11.9. The second-order valence-corrected chi connectivity index (χ2v) is 9.26. The molecule has 1 aromatic heterocycles. The zero-order valence-electron chi connectivity index (χ0n) is 20.0. The smallest absolute Gasteiger partial charge is 0.276 e. The maximum atomic E-state index is 13.2. The number of Topliss-reactive ketones (excluding diaryl/α,β-unsaturated/α-hetero) is 1. The van der Waals surface area contributed by atoms with E-state index < -0.39 is 17.6 Å². The van der Waals surface area contributed by atoms with Crippen molar-refractivity contribution >= 4 is 34.9 Å². The van der Waals surface area contributed by atoms with E-state index in [1.165, 1.54) is 18.5 Å². The van der Waals surface area contributed by atoms with Crippen molar-refractivity contribution in [3.05, 3.63) is 82.1 Å². The molecule has 1 atom stereocenters. The minimum absolute atomic E-state index is 0.0453. The van der Waals surface area contributed by atoms with Gasteiger partial charge in [0.25, 0.3) is 11.8 Å². The molecule has 0 unspecified atom stereocenters. The van der Waals surface area contributed by atoms with Crippen LogP contribution in [0.1, 0.15) is 49.7 Å². The number of amides is 2. The fourth-order valence-corrected chi connectivity index (χ4v) is 4.45. The van der Waals surface area contributed by atoms with Gasteiger partial charge in [-0.05, 0) is 55.3 Å². The first kappa shape index (κ1) is 26.5. The number of aliphatic hydroxyl groups is 1. The number of ketones is 1. The van der Waals surface area contributed by atoms with Crippen LogP contribution < -0.4 is 10.6 Å². The van der Waals surface area contributed by atoms with Gasteiger partial charge in [-0.3, -0.25) is 19.3 Å². The maximum absolute atomic E-state index is 13.2. The summed E-state index contributed by atoms with van der Waals surface area (Å²) in [6.45, 7) is 2.42. The Kier molecular flexibility index (Phi) is 8.65. The van der Waals surface area contributed by atoms with E-state index in [9.17, 15) is 23.9 Å². The lowest BCUT2D eigenvalue weighted by Gasteiger charge is -2.29. The summed E-state index contributed by atoms with van der Waals surface area (Å²) < 4.78 is 13.2. The zero-order chi connectivity index (χ0) is 26.4. The number of nitrogens with one attached hydrogen (secondary N) is 3. The van der Waals surface area contributed by atoms with Gasteiger partial charge in [0.1, 0.15) is 11.5 Å². The summed E-state index contributed by atoms with van der Waals surface area (Å²) in [5.74, 6) is -1.79. The third-order valence-electron chi connectivity index (χ3n) is 6.08. The predicted molar refractivity (Wildman–Crippen MR) is 136 cm³/mol. The highest BCUT2D eigenvalue weighted by molar-refractivity contribution is 6.34. The summed E-state index contributed by atoms with van der Waals surface area (Å²) in [6, 6.07) is 10.3. The molecule has 0 radical (unpaired) electrons. The van der Waals surface area contributed by atoms with E-state index in [0.29, 0.717) is 30.9 Å². The van der Waals surface area contributed by atoms with Crippen LogP contribution in [0, 0.1) is 5.82 Å². The number of halogens is 2. The number of likely N-dealkylation sites (tertiary alicyclic amines) is 1. The maximum Gasteiger partial charge on any atom is 0.276 e. The molecule has 1 fully saturated rings. The van der Waals surface area contributed by atoms with Gasteiger partial charge in [0, 0.05) is 37.3 Å². The van der Waals surface area contributed by atoms with Gasteiger partial charge in [-0.15, -0.1) is 0 Å². The number of H-pyrrole nitrogens is 1. The number of aromatic nitrogens is 2. The average Bonchev–Trinajstić information content (AvgIpc) is 3.36. The van der Waals surface area contributed by atoms with Crippen LogP contribution in [0.5, 0.6) is 0 Å². The fourth-order valence-electron chi connectivity index (χ4n) is 4.18. The number of rotatable bonds is 9. The Labute approximate surface area is 218 Å². The Bertz CT molecular complexity index is 1280. The third kappa shape index (κ3) is 7.00. The highest BCUT2D eigenvalue weighted by Crippen LogP contribution is 2.20. The van der Waals surface area contributed by atoms with Gasteiger partial charge < -0.3 is 20.7 Å². The molecule has 194 valence electrons.